The average molecular weight is 463 g/mol. The Balaban J connectivity index is 1.68. The highest BCUT2D eigenvalue weighted by Crippen LogP contribution is 2.35. The number of piperidine rings is 1. The van der Waals surface area contributed by atoms with Crippen molar-refractivity contribution in [1.82, 2.24) is 10.2 Å². The van der Waals surface area contributed by atoms with Gasteiger partial charge >= 0.3 is 6.09 Å². The van der Waals surface area contributed by atoms with Gasteiger partial charge in [-0.05, 0) is 80.6 Å². The van der Waals surface area contributed by atoms with E-state index in [0.717, 1.165) is 41.4 Å². The van der Waals surface area contributed by atoms with Gasteiger partial charge in [0.05, 0.1) is 6.04 Å². The van der Waals surface area contributed by atoms with Gasteiger partial charge in [-0.2, -0.15) is 0 Å². The minimum Gasteiger partial charge on any atom is -0.444 e. The highest BCUT2D eigenvalue weighted by molar-refractivity contribution is 5.86. The highest BCUT2D eigenvalue weighted by atomic mass is 19.1. The molecule has 0 aliphatic carbocycles. The molecule has 1 saturated heterocycles. The molecule has 4 nitrogen and oxygen atoms in total. The maximum Gasteiger partial charge on any atom is 0.410 e. The van der Waals surface area contributed by atoms with Gasteiger partial charge in [0.2, 0.25) is 0 Å². The Morgan fingerprint density at radius 3 is 2.62 bits per heavy atom. The van der Waals surface area contributed by atoms with Gasteiger partial charge in [0.1, 0.15) is 11.4 Å². The van der Waals surface area contributed by atoms with Crippen molar-refractivity contribution in [3.05, 3.63) is 83.7 Å². The summed E-state index contributed by atoms with van der Waals surface area (Å²) in [6.45, 7) is 9.94. The van der Waals surface area contributed by atoms with E-state index in [4.69, 9.17) is 4.74 Å². The number of carbonyl (C=O) groups is 1. The van der Waals surface area contributed by atoms with Crippen molar-refractivity contribution < 1.29 is 13.9 Å². The Morgan fingerprint density at radius 2 is 1.85 bits per heavy atom. The molecule has 1 fully saturated rings. The van der Waals surface area contributed by atoms with Gasteiger partial charge in [-0.3, -0.25) is 0 Å². The largest absolute Gasteiger partial charge is 0.444 e. The molecule has 5 heteroatoms. The third-order valence-electron chi connectivity index (χ3n) is 6.70. The van der Waals surface area contributed by atoms with E-state index in [2.05, 4.69) is 36.5 Å². The molecule has 1 N–H and O–H groups in total. The smallest absolute Gasteiger partial charge is 0.410 e. The normalized spacial score (nSPS) is 19.6. The molecule has 4 rings (SSSR count). The van der Waals surface area contributed by atoms with Crippen molar-refractivity contribution in [1.29, 1.82) is 0 Å². The molecule has 180 valence electrons. The van der Waals surface area contributed by atoms with Crippen LogP contribution >= 0.6 is 0 Å². The first-order valence-electron chi connectivity index (χ1n) is 12.2. The third-order valence-corrected chi connectivity index (χ3v) is 6.70. The van der Waals surface area contributed by atoms with Crippen LogP contribution in [-0.2, 0) is 4.74 Å². The van der Waals surface area contributed by atoms with Gasteiger partial charge in [-0.25, -0.2) is 9.18 Å². The summed E-state index contributed by atoms with van der Waals surface area (Å²) in [6.07, 6.45) is 0.590. The maximum atomic E-state index is 14.0. The minimum absolute atomic E-state index is 0.120. The van der Waals surface area contributed by atoms with E-state index >= 15 is 0 Å². The fourth-order valence-corrected chi connectivity index (χ4v) is 5.01. The molecule has 1 amide bonds. The van der Waals surface area contributed by atoms with Crippen LogP contribution in [0.1, 0.15) is 57.2 Å². The van der Waals surface area contributed by atoms with Gasteiger partial charge in [0.15, 0.2) is 0 Å². The molecule has 3 aromatic rings. The lowest BCUT2D eigenvalue weighted by Crippen LogP contribution is -2.45. The van der Waals surface area contributed by atoms with Crippen LogP contribution in [0.3, 0.4) is 0 Å². The summed E-state index contributed by atoms with van der Waals surface area (Å²) in [5.41, 5.74) is 1.48. The third kappa shape index (κ3) is 5.58. The van der Waals surface area contributed by atoms with E-state index in [1.807, 2.05) is 49.9 Å². The summed E-state index contributed by atoms with van der Waals surface area (Å²) in [4.78, 5) is 15.4. The zero-order valence-electron chi connectivity index (χ0n) is 20.6. The predicted molar refractivity (Wildman–Crippen MR) is 135 cm³/mol. The molecule has 0 spiro atoms. The summed E-state index contributed by atoms with van der Waals surface area (Å²) in [5.74, 6) is 0.0806. The Labute approximate surface area is 202 Å². The number of fused-ring (bicyclic) bond motifs is 1. The van der Waals surface area contributed by atoms with Crippen molar-refractivity contribution in [2.45, 2.75) is 51.7 Å². The summed E-state index contributed by atoms with van der Waals surface area (Å²) in [5, 5.41) is 5.74. The number of benzene rings is 3. The fourth-order valence-electron chi connectivity index (χ4n) is 5.01. The second-order valence-corrected chi connectivity index (χ2v) is 10.3. The van der Waals surface area contributed by atoms with Gasteiger partial charge in [-0.15, -0.1) is 0 Å². The van der Waals surface area contributed by atoms with Crippen molar-refractivity contribution >= 4 is 16.9 Å². The van der Waals surface area contributed by atoms with Gasteiger partial charge < -0.3 is 15.0 Å². The summed E-state index contributed by atoms with van der Waals surface area (Å²) in [6, 6.07) is 21.2. The van der Waals surface area contributed by atoms with Gasteiger partial charge in [0.25, 0.3) is 0 Å². The fraction of sp³-hybridized carbons (Fsp3) is 0.414. The molecule has 0 bridgehead atoms. The molecule has 0 aromatic heterocycles. The second kappa shape index (κ2) is 10.1. The van der Waals surface area contributed by atoms with Crippen LogP contribution in [0.2, 0.25) is 0 Å². The minimum atomic E-state index is -0.593. The number of hydrogen-bond acceptors (Lipinski definition) is 3. The number of halogens is 1. The molecule has 0 saturated carbocycles. The monoisotopic (exact) mass is 462 g/mol. The van der Waals surface area contributed by atoms with Crippen molar-refractivity contribution in [3.8, 4) is 0 Å². The highest BCUT2D eigenvalue weighted by Gasteiger charge is 2.34. The first-order valence-corrected chi connectivity index (χ1v) is 12.2. The average Bonchev–Trinajstić information content (AvgIpc) is 2.81. The molecule has 1 aliphatic heterocycles. The van der Waals surface area contributed by atoms with Gasteiger partial charge in [-0.1, -0.05) is 54.6 Å². The summed E-state index contributed by atoms with van der Waals surface area (Å²) in [7, 11) is 0. The van der Waals surface area contributed by atoms with Crippen molar-refractivity contribution in [2.75, 3.05) is 19.6 Å². The molecule has 0 radical (unpaired) electrons. The van der Waals surface area contributed by atoms with Crippen LogP contribution in [0.5, 0.6) is 0 Å². The number of carbonyl (C=O) groups excluding carboxylic acids is 1. The van der Waals surface area contributed by atoms with E-state index in [9.17, 15) is 9.18 Å². The lowest BCUT2D eigenvalue weighted by Gasteiger charge is -2.39. The van der Waals surface area contributed by atoms with Crippen LogP contribution in [0, 0.1) is 11.7 Å². The van der Waals surface area contributed by atoms with Crippen molar-refractivity contribution in [3.63, 3.8) is 0 Å². The number of nitrogens with zero attached hydrogens (tertiary/aromatic N) is 1. The first kappa shape index (κ1) is 24.2. The molecular weight excluding hydrogens is 427 g/mol. The Morgan fingerprint density at radius 1 is 1.12 bits per heavy atom. The zero-order chi connectivity index (χ0) is 24.3. The van der Waals surface area contributed by atoms with E-state index in [1.54, 1.807) is 12.1 Å². The standard InChI is InChI=1S/C29H35FN2O2/c1-20(25-14-8-10-21-9-5-6-13-26(21)25)32(28(33)34-29(2,3)4)19-23-15-16-31-18-27(23)22-11-7-12-24(30)17-22/h5-14,17,20,23,27,31H,15-16,18-19H2,1-4H3/t20-,23?,27?/m1/s1. The Kier molecular flexibility index (Phi) is 7.22. The SMILES string of the molecule is C[C@H](c1cccc2ccccc12)N(CC1CCNCC1c1cccc(F)c1)C(=O)OC(C)(C)C. The van der Waals surface area contributed by atoms with E-state index in [-0.39, 0.29) is 29.8 Å². The van der Waals surface area contributed by atoms with Crippen LogP contribution < -0.4 is 5.32 Å². The molecule has 34 heavy (non-hydrogen) atoms. The number of ether oxygens (including phenoxy) is 1. The second-order valence-electron chi connectivity index (χ2n) is 10.3. The van der Waals surface area contributed by atoms with E-state index < -0.39 is 5.60 Å². The number of hydrogen-bond donors (Lipinski definition) is 1. The zero-order valence-corrected chi connectivity index (χ0v) is 20.6. The predicted octanol–water partition coefficient (Wildman–Crippen LogP) is 6.67. The lowest BCUT2D eigenvalue weighted by molar-refractivity contribution is 0.0118. The maximum absolute atomic E-state index is 14.0. The molecule has 3 aromatic carbocycles. The molecular formula is C29H35FN2O2. The molecule has 1 aliphatic rings. The van der Waals surface area contributed by atoms with Gasteiger partial charge in [0, 0.05) is 19.0 Å². The quantitative estimate of drug-likeness (QED) is 0.460. The lowest BCUT2D eigenvalue weighted by atomic mass is 9.80. The molecule has 3 atom stereocenters. The molecule has 1 heterocycles. The number of nitrogens with one attached hydrogen (secondary N) is 1. The van der Waals surface area contributed by atoms with Crippen LogP contribution in [0.15, 0.2) is 66.7 Å². The summed E-state index contributed by atoms with van der Waals surface area (Å²) >= 11 is 0. The van der Waals surface area contributed by atoms with Crippen LogP contribution in [0.4, 0.5) is 9.18 Å². The first-order chi connectivity index (χ1) is 16.2. The summed E-state index contributed by atoms with van der Waals surface area (Å²) < 4.78 is 19.9. The Hall–Kier alpha value is -2.92. The molecule has 2 unspecified atom stereocenters. The van der Waals surface area contributed by atoms with Crippen molar-refractivity contribution in [2.24, 2.45) is 5.92 Å². The van der Waals surface area contributed by atoms with Crippen LogP contribution in [0.25, 0.3) is 10.8 Å². The number of rotatable bonds is 5. The topological polar surface area (TPSA) is 41.6 Å². The van der Waals surface area contributed by atoms with E-state index in [0.29, 0.717) is 6.54 Å². The Bertz CT molecular complexity index is 1130. The van der Waals surface area contributed by atoms with Crippen LogP contribution in [-0.4, -0.2) is 36.2 Å². The number of amides is 1. The van der Waals surface area contributed by atoms with E-state index in [1.165, 1.54) is 6.07 Å².